The van der Waals surface area contributed by atoms with E-state index in [0.717, 1.165) is 0 Å². The molecular formula is C2H6PSc. The second kappa shape index (κ2) is 2.53. The summed E-state index contributed by atoms with van der Waals surface area (Å²) in [4.78, 5) is 0. The summed E-state index contributed by atoms with van der Waals surface area (Å²) in [5.74, 6) is 0. The molecule has 0 saturated heterocycles. The van der Waals surface area contributed by atoms with Crippen molar-refractivity contribution in [2.45, 2.75) is 0 Å². The molecule has 0 saturated carbocycles. The first-order valence-corrected chi connectivity index (χ1v) is 5.88. The van der Waals surface area contributed by atoms with Gasteiger partial charge < -0.3 is 0 Å². The molecule has 0 rings (SSSR count). The summed E-state index contributed by atoms with van der Waals surface area (Å²) in [5.41, 5.74) is 0. The second-order valence-corrected chi connectivity index (χ2v) is 7.73. The first-order chi connectivity index (χ1) is 1.73. The van der Waals surface area contributed by atoms with Gasteiger partial charge in [0, 0.05) is 0 Å². The molecular weight excluding hydrogens is 100.0 g/mol. The first kappa shape index (κ1) is 5.30. The van der Waals surface area contributed by atoms with Crippen LogP contribution in [-0.4, -0.2) is 13.3 Å². The van der Waals surface area contributed by atoms with Crippen molar-refractivity contribution < 1.29 is 23.8 Å². The molecule has 0 fully saturated rings. The van der Waals surface area contributed by atoms with Gasteiger partial charge in [0.25, 0.3) is 0 Å². The Morgan fingerprint density at radius 3 is 1.50 bits per heavy atom. The van der Waals surface area contributed by atoms with Crippen molar-refractivity contribution >= 4 is 5.27 Å². The second-order valence-electron chi connectivity index (χ2n) is 0.964. The van der Waals surface area contributed by atoms with Crippen molar-refractivity contribution in [3.8, 4) is 0 Å². The van der Waals surface area contributed by atoms with Crippen LogP contribution in [0.4, 0.5) is 0 Å². The predicted molar refractivity (Wildman–Crippen MR) is 18.8 cm³/mol. The molecule has 0 atom stereocenters. The average Bonchev–Trinajstić information content (AvgIpc) is 0.811. The van der Waals surface area contributed by atoms with Crippen molar-refractivity contribution in [2.24, 2.45) is 0 Å². The number of hydrogen-bond acceptors (Lipinski definition) is 0. The van der Waals surface area contributed by atoms with Crippen LogP contribution in [0.3, 0.4) is 0 Å². The maximum atomic E-state index is 2.26. The first-order valence-electron chi connectivity index (χ1n) is 1.15. The number of hydrogen-bond donors (Lipinski definition) is 0. The van der Waals surface area contributed by atoms with E-state index >= 15 is 0 Å². The minimum absolute atomic E-state index is 0.442. The molecule has 0 aromatic carbocycles. The molecule has 0 unspecified atom stereocenters. The topological polar surface area (TPSA) is 0 Å². The zero-order valence-corrected chi connectivity index (χ0v) is 5.72. The zero-order valence-electron chi connectivity index (χ0n) is 3.02. The molecule has 0 aromatic rings. The van der Waals surface area contributed by atoms with E-state index < -0.39 is 0 Å². The molecule has 0 nitrogen and oxygen atoms in total. The standard InChI is InChI=1S/C2H6P.Sc/c1-3-2;/h1-2H3;/q-1;+1. The maximum absolute atomic E-state index is 2.26. The monoisotopic (exact) mass is 106 g/mol. The molecule has 0 aliphatic heterocycles. The van der Waals surface area contributed by atoms with Crippen LogP contribution < -0.4 is 0 Å². The van der Waals surface area contributed by atoms with E-state index in [1.165, 1.54) is 0 Å². The third kappa shape index (κ3) is 10.3. The summed E-state index contributed by atoms with van der Waals surface area (Å²) in [6.45, 7) is 4.52. The van der Waals surface area contributed by atoms with Crippen LogP contribution in [0.15, 0.2) is 0 Å². The SMILES string of the molecule is C[P](C)[Sc]. The van der Waals surface area contributed by atoms with Crippen molar-refractivity contribution in [1.29, 1.82) is 0 Å². The molecule has 0 aliphatic carbocycles. The predicted octanol–water partition coefficient (Wildman–Crippen LogP) is 1.19. The van der Waals surface area contributed by atoms with Crippen LogP contribution in [0.25, 0.3) is 0 Å². The quantitative estimate of drug-likeness (QED) is 0.407. The third-order valence-corrected chi connectivity index (χ3v) is 0. The van der Waals surface area contributed by atoms with Gasteiger partial charge in [-0.2, -0.15) is 0 Å². The molecule has 22 valence electrons. The molecule has 0 heterocycles. The molecule has 4 heavy (non-hydrogen) atoms. The van der Waals surface area contributed by atoms with Crippen LogP contribution in [0.1, 0.15) is 0 Å². The van der Waals surface area contributed by atoms with Crippen molar-refractivity contribution in [2.75, 3.05) is 13.3 Å². The normalized spacial score (nSPS) is 8.50. The van der Waals surface area contributed by atoms with E-state index in [0.29, 0.717) is 5.27 Å². The van der Waals surface area contributed by atoms with E-state index in [4.69, 9.17) is 0 Å². The van der Waals surface area contributed by atoms with Gasteiger partial charge in [-0.3, -0.25) is 0 Å². The van der Waals surface area contributed by atoms with Gasteiger partial charge in [0.2, 0.25) is 0 Å². The Hall–Kier alpha value is 1.30. The van der Waals surface area contributed by atoms with Crippen LogP contribution >= 0.6 is 5.27 Å². The van der Waals surface area contributed by atoms with Gasteiger partial charge in [-0.25, -0.2) is 0 Å². The fourth-order valence-electron chi connectivity index (χ4n) is 0. The Kier molecular flexibility index (Phi) is 3.36. The van der Waals surface area contributed by atoms with Gasteiger partial charge in [0.05, 0.1) is 0 Å². The van der Waals surface area contributed by atoms with E-state index in [1.54, 1.807) is 0 Å². The molecule has 0 radical (unpaired) electrons. The van der Waals surface area contributed by atoms with Gasteiger partial charge in [-0.15, -0.1) is 0 Å². The molecule has 0 bridgehead atoms. The van der Waals surface area contributed by atoms with E-state index in [9.17, 15) is 0 Å². The summed E-state index contributed by atoms with van der Waals surface area (Å²) >= 11 is 1.86. The summed E-state index contributed by atoms with van der Waals surface area (Å²) < 4.78 is 0. The van der Waals surface area contributed by atoms with E-state index in [2.05, 4.69) is 13.3 Å². The fourth-order valence-corrected chi connectivity index (χ4v) is 0. The molecule has 0 aliphatic rings. The van der Waals surface area contributed by atoms with Crippen LogP contribution in [0, 0.1) is 0 Å². The van der Waals surface area contributed by atoms with Gasteiger partial charge >= 0.3 is 42.4 Å². The van der Waals surface area contributed by atoms with Gasteiger partial charge in [0.1, 0.15) is 0 Å². The van der Waals surface area contributed by atoms with Crippen molar-refractivity contribution in [3.05, 3.63) is 0 Å². The Bertz CT molecular complexity index is 10.8. The van der Waals surface area contributed by atoms with E-state index in [1.807, 2.05) is 23.8 Å². The molecule has 0 aromatic heterocycles. The molecule has 2 heteroatoms. The fraction of sp³-hybridized carbons (Fsp3) is 1.00. The van der Waals surface area contributed by atoms with Gasteiger partial charge in [0.15, 0.2) is 0 Å². The van der Waals surface area contributed by atoms with Crippen molar-refractivity contribution in [1.82, 2.24) is 0 Å². The minimum atomic E-state index is 0.442. The number of rotatable bonds is 0. The van der Waals surface area contributed by atoms with Crippen LogP contribution in [0.5, 0.6) is 0 Å². The Labute approximate surface area is 42.6 Å². The van der Waals surface area contributed by atoms with E-state index in [-0.39, 0.29) is 0 Å². The molecule has 0 N–H and O–H groups in total. The van der Waals surface area contributed by atoms with Crippen molar-refractivity contribution in [3.63, 3.8) is 0 Å². The summed E-state index contributed by atoms with van der Waals surface area (Å²) in [7, 11) is 0. The molecule has 0 spiro atoms. The summed E-state index contributed by atoms with van der Waals surface area (Å²) in [6.07, 6.45) is 0. The van der Waals surface area contributed by atoms with Gasteiger partial charge in [-0.05, 0) is 0 Å². The summed E-state index contributed by atoms with van der Waals surface area (Å²) in [5, 5.41) is 0.442. The Balaban J connectivity index is 2.32. The van der Waals surface area contributed by atoms with Crippen LogP contribution in [0.2, 0.25) is 0 Å². The Morgan fingerprint density at radius 2 is 1.50 bits per heavy atom. The Morgan fingerprint density at radius 1 is 1.50 bits per heavy atom. The van der Waals surface area contributed by atoms with Gasteiger partial charge in [-0.1, -0.05) is 0 Å². The zero-order chi connectivity index (χ0) is 3.58. The third-order valence-electron chi connectivity index (χ3n) is 0. The average molecular weight is 106 g/mol. The van der Waals surface area contributed by atoms with Crippen LogP contribution in [-0.2, 0) is 23.8 Å². The summed E-state index contributed by atoms with van der Waals surface area (Å²) in [6, 6.07) is 0. The molecule has 0 amide bonds.